The monoisotopic (exact) mass is 713 g/mol. The number of nitrogens with zero attached hydrogens (tertiary/aromatic N) is 2. The van der Waals surface area contributed by atoms with Gasteiger partial charge < -0.3 is 19.7 Å². The van der Waals surface area contributed by atoms with Gasteiger partial charge in [-0.2, -0.15) is 0 Å². The number of benzene rings is 1. The van der Waals surface area contributed by atoms with Crippen molar-refractivity contribution in [3.63, 3.8) is 0 Å². The number of pyridine rings is 1. The van der Waals surface area contributed by atoms with Crippen LogP contribution in [0, 0.1) is 30.0 Å². The second-order valence-corrected chi connectivity index (χ2v) is 18.3. The Kier molecular flexibility index (Phi) is 9.98. The molecule has 1 N–H and O–H groups in total. The normalized spacial score (nSPS) is 24.4. The zero-order valence-electron chi connectivity index (χ0n) is 29.9. The summed E-state index contributed by atoms with van der Waals surface area (Å²) in [6.45, 7) is 16.2. The van der Waals surface area contributed by atoms with Gasteiger partial charge in [0.25, 0.3) is 0 Å². The van der Waals surface area contributed by atoms with Crippen LogP contribution in [-0.4, -0.2) is 82.7 Å². The molecule has 5 rings (SSSR count). The van der Waals surface area contributed by atoms with Crippen molar-refractivity contribution in [2.45, 2.75) is 109 Å². The van der Waals surface area contributed by atoms with E-state index in [2.05, 4.69) is 16.9 Å². The van der Waals surface area contributed by atoms with Crippen molar-refractivity contribution >= 4 is 44.3 Å². The number of likely N-dealkylation sites (tertiary alicyclic amines) is 1. The highest BCUT2D eigenvalue weighted by molar-refractivity contribution is 7.93. The number of sulfone groups is 1. The number of aryl methyl sites for hydroxylation is 1. The van der Waals surface area contributed by atoms with E-state index in [9.17, 15) is 32.0 Å². The maximum atomic E-state index is 14.5. The van der Waals surface area contributed by atoms with E-state index in [1.165, 1.54) is 23.1 Å². The number of esters is 1. The van der Waals surface area contributed by atoms with Gasteiger partial charge in [-0.1, -0.05) is 26.8 Å². The molecule has 2 aromatic rings. The Morgan fingerprint density at radius 3 is 2.40 bits per heavy atom. The van der Waals surface area contributed by atoms with Crippen molar-refractivity contribution in [3.05, 3.63) is 48.4 Å². The molecule has 0 bridgehead atoms. The van der Waals surface area contributed by atoms with Crippen molar-refractivity contribution in [1.29, 1.82) is 0 Å². The lowest BCUT2D eigenvalue weighted by Crippen LogP contribution is -2.55. The number of rotatable bonds is 12. The Morgan fingerprint density at radius 2 is 1.82 bits per heavy atom. The van der Waals surface area contributed by atoms with Gasteiger partial charge in [0.15, 0.2) is 15.6 Å². The maximum absolute atomic E-state index is 14.5. The SMILES string of the molecule is C=CC1CC1(NC(=O)[C@@H]1C[C@@H](Oc2cc(C)nc3ccc(F)cc23)CN1C(=O)[C@@H](CC(=O)OC(C)(C)C)C(C)(C)C)C(=O)CS(=O)(=O)C1CC1. The van der Waals surface area contributed by atoms with Crippen molar-refractivity contribution < 1.29 is 41.5 Å². The summed E-state index contributed by atoms with van der Waals surface area (Å²) in [7, 11) is -3.66. The van der Waals surface area contributed by atoms with Crippen molar-refractivity contribution in [1.82, 2.24) is 15.2 Å². The topological polar surface area (TPSA) is 149 Å². The standard InChI is InChI=1S/C37H48FN3O8S/c1-9-22-18-37(22,31(42)20-50(46,47)25-11-12-25)40-33(44)29-16-24(48-30-14-21(2)39-28-13-10-23(38)15-26(28)30)19-41(29)34(45)27(35(3,4)5)17-32(43)49-36(6,7)8/h9-10,13-15,22,24-25,27,29H,1,11-12,16-20H2,2-8H3,(H,40,44)/t22?,24-,27-,29+,37?/m1/s1. The quantitative estimate of drug-likeness (QED) is 0.246. The Morgan fingerprint density at radius 1 is 1.14 bits per heavy atom. The minimum atomic E-state index is -3.66. The van der Waals surface area contributed by atoms with E-state index in [1.807, 2.05) is 20.8 Å². The number of hydrogen-bond donors (Lipinski definition) is 1. The van der Waals surface area contributed by atoms with Crippen molar-refractivity contribution in [2.24, 2.45) is 17.3 Å². The van der Waals surface area contributed by atoms with E-state index in [-0.39, 0.29) is 25.8 Å². The van der Waals surface area contributed by atoms with Crippen LogP contribution in [0.5, 0.6) is 5.75 Å². The second-order valence-electron chi connectivity index (χ2n) is 16.1. The summed E-state index contributed by atoms with van der Waals surface area (Å²) in [6.07, 6.45) is 1.79. The fourth-order valence-corrected chi connectivity index (χ4v) is 8.44. The molecular weight excluding hydrogens is 665 g/mol. The van der Waals surface area contributed by atoms with Crippen LogP contribution in [0.2, 0.25) is 0 Å². The lowest BCUT2D eigenvalue weighted by Gasteiger charge is -2.35. The molecule has 5 atom stereocenters. The third kappa shape index (κ3) is 8.19. The molecule has 2 heterocycles. The second kappa shape index (κ2) is 13.4. The summed E-state index contributed by atoms with van der Waals surface area (Å²) < 4.78 is 51.8. The number of amides is 2. The third-order valence-electron chi connectivity index (χ3n) is 9.64. The van der Waals surface area contributed by atoms with Crippen LogP contribution in [0.25, 0.3) is 10.9 Å². The Labute approximate surface area is 293 Å². The Hall–Kier alpha value is -3.87. The lowest BCUT2D eigenvalue weighted by atomic mass is 9.77. The molecule has 13 heteroatoms. The predicted molar refractivity (Wildman–Crippen MR) is 185 cm³/mol. The van der Waals surface area contributed by atoms with E-state index < -0.39 is 90.8 Å². The van der Waals surface area contributed by atoms with Gasteiger partial charge in [-0.15, -0.1) is 6.58 Å². The number of fused-ring (bicyclic) bond motifs is 1. The minimum absolute atomic E-state index is 0.0163. The van der Waals surface area contributed by atoms with Crippen LogP contribution in [0.3, 0.4) is 0 Å². The van der Waals surface area contributed by atoms with Crippen LogP contribution < -0.4 is 10.1 Å². The molecule has 1 aromatic heterocycles. The Bertz CT molecular complexity index is 1830. The summed E-state index contributed by atoms with van der Waals surface area (Å²) in [5.41, 5.74) is -1.82. The van der Waals surface area contributed by atoms with Crippen LogP contribution >= 0.6 is 0 Å². The predicted octanol–water partition coefficient (Wildman–Crippen LogP) is 4.63. The van der Waals surface area contributed by atoms with Crippen LogP contribution in [0.1, 0.15) is 79.3 Å². The first-order chi connectivity index (χ1) is 23.1. The summed E-state index contributed by atoms with van der Waals surface area (Å²) in [4.78, 5) is 61.1. The molecule has 1 aromatic carbocycles. The highest BCUT2D eigenvalue weighted by Gasteiger charge is 2.61. The van der Waals surface area contributed by atoms with Crippen molar-refractivity contribution in [3.8, 4) is 5.75 Å². The molecule has 2 amide bonds. The first-order valence-electron chi connectivity index (χ1n) is 17.1. The van der Waals surface area contributed by atoms with Gasteiger partial charge in [-0.3, -0.25) is 24.2 Å². The molecule has 272 valence electrons. The third-order valence-corrected chi connectivity index (χ3v) is 11.8. The molecule has 1 aliphatic heterocycles. The number of Topliss-reactive ketones (excluding diaryl/α,β-unsaturated/α-hetero) is 1. The summed E-state index contributed by atoms with van der Waals surface area (Å²) >= 11 is 0. The molecule has 3 aliphatic rings. The number of ketones is 1. The fourth-order valence-electron chi connectivity index (χ4n) is 6.72. The summed E-state index contributed by atoms with van der Waals surface area (Å²) in [5.74, 6) is -4.47. The van der Waals surface area contributed by atoms with Crippen LogP contribution in [0.4, 0.5) is 4.39 Å². The average molecular weight is 714 g/mol. The zero-order valence-corrected chi connectivity index (χ0v) is 30.7. The molecule has 2 unspecified atom stereocenters. The van der Waals surface area contributed by atoms with Gasteiger partial charge in [-0.25, -0.2) is 12.8 Å². The van der Waals surface area contributed by atoms with Gasteiger partial charge >= 0.3 is 5.97 Å². The highest BCUT2D eigenvalue weighted by Crippen LogP contribution is 2.46. The number of hydrogen-bond acceptors (Lipinski definition) is 9. The number of halogens is 1. The number of aromatic nitrogens is 1. The molecule has 11 nitrogen and oxygen atoms in total. The maximum Gasteiger partial charge on any atom is 0.307 e. The first-order valence-corrected chi connectivity index (χ1v) is 18.8. The highest BCUT2D eigenvalue weighted by atomic mass is 32.2. The molecule has 2 aliphatic carbocycles. The van der Waals surface area contributed by atoms with Gasteiger partial charge in [0.1, 0.15) is 40.6 Å². The van der Waals surface area contributed by atoms with Gasteiger partial charge in [-0.05, 0) is 70.6 Å². The van der Waals surface area contributed by atoms with E-state index >= 15 is 0 Å². The Balaban J connectivity index is 1.46. The number of ether oxygens (including phenoxy) is 2. The van der Waals surface area contributed by atoms with Gasteiger partial charge in [0, 0.05) is 29.5 Å². The van der Waals surface area contributed by atoms with Crippen molar-refractivity contribution in [2.75, 3.05) is 12.3 Å². The van der Waals surface area contributed by atoms with E-state index in [0.29, 0.717) is 35.2 Å². The number of nitrogens with one attached hydrogen (secondary N) is 1. The molecule has 50 heavy (non-hydrogen) atoms. The fraction of sp³-hybridized carbons (Fsp3) is 0.595. The lowest BCUT2D eigenvalue weighted by molar-refractivity contribution is -0.161. The molecule has 0 spiro atoms. The van der Waals surface area contributed by atoms with E-state index in [4.69, 9.17) is 9.47 Å². The minimum Gasteiger partial charge on any atom is -0.488 e. The van der Waals surface area contributed by atoms with E-state index in [0.717, 1.165) is 0 Å². The summed E-state index contributed by atoms with van der Waals surface area (Å²) in [6, 6.07) is 4.69. The van der Waals surface area contributed by atoms with Gasteiger partial charge in [0.2, 0.25) is 11.8 Å². The first kappa shape index (κ1) is 37.4. The van der Waals surface area contributed by atoms with Crippen LogP contribution in [-0.2, 0) is 33.8 Å². The summed E-state index contributed by atoms with van der Waals surface area (Å²) in [5, 5.41) is 2.72. The molecule has 3 fully saturated rings. The molecular formula is C37H48FN3O8S. The number of carbonyl (C=O) groups excluding carboxylic acids is 4. The number of carbonyl (C=O) groups is 4. The smallest absolute Gasteiger partial charge is 0.307 e. The molecule has 0 radical (unpaired) electrons. The van der Waals surface area contributed by atoms with Crippen LogP contribution in [0.15, 0.2) is 36.9 Å². The molecule has 1 saturated heterocycles. The largest absolute Gasteiger partial charge is 0.488 e. The zero-order chi connectivity index (χ0) is 37.0. The average Bonchev–Trinajstić information content (AvgIpc) is 3.91. The molecule has 2 saturated carbocycles. The van der Waals surface area contributed by atoms with Gasteiger partial charge in [0.05, 0.1) is 29.7 Å². The van der Waals surface area contributed by atoms with E-state index in [1.54, 1.807) is 39.8 Å².